The molecule has 0 aromatic rings. The number of hydrogen-bond donors (Lipinski definition) is 2. The summed E-state index contributed by atoms with van der Waals surface area (Å²) in [4.78, 5) is 17.2. The van der Waals surface area contributed by atoms with E-state index in [4.69, 9.17) is 22.6 Å². The third-order valence-corrected chi connectivity index (χ3v) is 4.15. The molecular weight excluding hydrogens is 275 g/mol. The van der Waals surface area contributed by atoms with E-state index in [0.29, 0.717) is 6.42 Å². The summed E-state index contributed by atoms with van der Waals surface area (Å²) in [6.45, 7) is 7.99. The van der Waals surface area contributed by atoms with E-state index in [1.807, 2.05) is 27.7 Å². The van der Waals surface area contributed by atoms with Gasteiger partial charge in [-0.1, -0.05) is 6.42 Å². The SMILES string of the molecule is C#CC(C)(C)C(CCCCOP(=O)(O)O)C(C)(C)C#C. The third kappa shape index (κ3) is 6.60. The molecule has 2 N–H and O–H groups in total. The van der Waals surface area contributed by atoms with Crippen molar-refractivity contribution in [1.29, 1.82) is 0 Å². The Morgan fingerprint density at radius 3 is 1.90 bits per heavy atom. The lowest BCUT2D eigenvalue weighted by molar-refractivity contribution is 0.145. The van der Waals surface area contributed by atoms with Gasteiger partial charge in [0.25, 0.3) is 0 Å². The summed E-state index contributed by atoms with van der Waals surface area (Å²) in [5.74, 6) is 5.72. The van der Waals surface area contributed by atoms with Gasteiger partial charge in [-0.2, -0.15) is 0 Å². The lowest BCUT2D eigenvalue weighted by Crippen LogP contribution is -2.34. The average molecular weight is 300 g/mol. The Balaban J connectivity index is 4.54. The highest BCUT2D eigenvalue weighted by Gasteiger charge is 2.38. The molecule has 0 spiro atoms. The van der Waals surface area contributed by atoms with Crippen molar-refractivity contribution in [3.63, 3.8) is 0 Å². The number of terminal acetylenes is 2. The first-order valence-electron chi connectivity index (χ1n) is 6.62. The van der Waals surface area contributed by atoms with Gasteiger partial charge in [0.05, 0.1) is 6.61 Å². The summed E-state index contributed by atoms with van der Waals surface area (Å²) >= 11 is 0. The van der Waals surface area contributed by atoms with E-state index in [1.54, 1.807) is 0 Å². The van der Waals surface area contributed by atoms with Gasteiger partial charge in [-0.05, 0) is 46.5 Å². The Morgan fingerprint density at radius 2 is 1.55 bits per heavy atom. The molecule has 0 heterocycles. The molecule has 0 aromatic heterocycles. The Kier molecular flexibility index (Phi) is 7.02. The van der Waals surface area contributed by atoms with E-state index < -0.39 is 7.82 Å². The molecule has 0 radical (unpaired) electrons. The predicted octanol–water partition coefficient (Wildman–Crippen LogP) is 3.20. The van der Waals surface area contributed by atoms with E-state index in [2.05, 4.69) is 16.4 Å². The first-order valence-corrected chi connectivity index (χ1v) is 8.15. The van der Waals surface area contributed by atoms with Crippen molar-refractivity contribution in [2.45, 2.75) is 47.0 Å². The Labute approximate surface area is 122 Å². The minimum atomic E-state index is -4.37. The molecule has 0 atom stereocenters. The number of hydrogen-bond acceptors (Lipinski definition) is 2. The van der Waals surface area contributed by atoms with Gasteiger partial charge >= 0.3 is 7.82 Å². The zero-order chi connectivity index (χ0) is 16.0. The molecule has 4 nitrogen and oxygen atoms in total. The Bertz CT molecular complexity index is 408. The summed E-state index contributed by atoms with van der Waals surface area (Å²) in [5, 5.41) is 0. The molecule has 0 fully saturated rings. The second kappa shape index (κ2) is 7.30. The van der Waals surface area contributed by atoms with Gasteiger partial charge in [0.2, 0.25) is 0 Å². The molecule has 0 aliphatic heterocycles. The highest BCUT2D eigenvalue weighted by molar-refractivity contribution is 7.46. The van der Waals surface area contributed by atoms with Gasteiger partial charge in [0.15, 0.2) is 0 Å². The number of phosphoric acid groups is 1. The van der Waals surface area contributed by atoms with Crippen LogP contribution in [0.25, 0.3) is 0 Å². The normalized spacial score (nSPS) is 13.1. The van der Waals surface area contributed by atoms with Gasteiger partial charge in [-0.3, -0.25) is 4.52 Å². The third-order valence-electron chi connectivity index (χ3n) is 3.63. The van der Waals surface area contributed by atoms with E-state index >= 15 is 0 Å². The molecule has 0 aliphatic rings. The standard InChI is InChI=1S/C15H25O4P/c1-7-14(3,4)13(15(5,6)8-2)11-9-10-12-19-20(16,17)18/h1-2,13H,9-12H2,3-6H3,(H2,16,17,18). The van der Waals surface area contributed by atoms with E-state index in [9.17, 15) is 4.57 Å². The summed E-state index contributed by atoms with van der Waals surface area (Å²) in [6, 6.07) is 0. The molecule has 0 saturated carbocycles. The van der Waals surface area contributed by atoms with E-state index in [-0.39, 0.29) is 23.4 Å². The molecule has 0 aromatic carbocycles. The first kappa shape index (κ1) is 19.2. The topological polar surface area (TPSA) is 66.8 Å². The van der Waals surface area contributed by atoms with Crippen molar-refractivity contribution in [2.75, 3.05) is 6.61 Å². The van der Waals surface area contributed by atoms with Gasteiger partial charge in [0.1, 0.15) is 0 Å². The van der Waals surface area contributed by atoms with Crippen molar-refractivity contribution in [2.24, 2.45) is 16.7 Å². The minimum Gasteiger partial charge on any atom is -0.303 e. The van der Waals surface area contributed by atoms with Crippen LogP contribution in [0.2, 0.25) is 0 Å². The van der Waals surface area contributed by atoms with Crippen LogP contribution in [0.15, 0.2) is 0 Å². The van der Waals surface area contributed by atoms with Crippen LogP contribution in [-0.4, -0.2) is 16.4 Å². The van der Waals surface area contributed by atoms with E-state index in [1.165, 1.54) is 0 Å². The highest BCUT2D eigenvalue weighted by atomic mass is 31.2. The van der Waals surface area contributed by atoms with Crippen LogP contribution in [-0.2, 0) is 9.09 Å². The smallest absolute Gasteiger partial charge is 0.303 e. The quantitative estimate of drug-likeness (QED) is 0.410. The number of unbranched alkanes of at least 4 members (excludes halogenated alkanes) is 1. The predicted molar refractivity (Wildman–Crippen MR) is 80.6 cm³/mol. The first-order chi connectivity index (χ1) is 8.96. The van der Waals surface area contributed by atoms with Crippen molar-refractivity contribution in [3.8, 4) is 24.7 Å². The zero-order valence-corrected chi connectivity index (χ0v) is 13.6. The lowest BCUT2D eigenvalue weighted by Gasteiger charge is -2.39. The summed E-state index contributed by atoms with van der Waals surface area (Å²) < 4.78 is 15.0. The maximum Gasteiger partial charge on any atom is 0.469 e. The monoisotopic (exact) mass is 300 g/mol. The molecule has 114 valence electrons. The fourth-order valence-electron chi connectivity index (χ4n) is 2.46. The lowest BCUT2D eigenvalue weighted by atomic mass is 9.63. The van der Waals surface area contributed by atoms with Crippen LogP contribution < -0.4 is 0 Å². The van der Waals surface area contributed by atoms with Gasteiger partial charge in [-0.25, -0.2) is 4.57 Å². The molecule has 0 amide bonds. The highest BCUT2D eigenvalue weighted by Crippen LogP contribution is 2.43. The van der Waals surface area contributed by atoms with Crippen LogP contribution in [0.5, 0.6) is 0 Å². The van der Waals surface area contributed by atoms with Crippen molar-refractivity contribution in [3.05, 3.63) is 0 Å². The van der Waals surface area contributed by atoms with Crippen molar-refractivity contribution < 1.29 is 18.9 Å². The van der Waals surface area contributed by atoms with Gasteiger partial charge in [-0.15, -0.1) is 24.7 Å². The molecule has 0 bridgehead atoms. The Hall–Kier alpha value is -0.770. The van der Waals surface area contributed by atoms with Crippen molar-refractivity contribution >= 4 is 7.82 Å². The molecule has 5 heteroatoms. The largest absolute Gasteiger partial charge is 0.469 e. The van der Waals surface area contributed by atoms with Crippen LogP contribution in [0.3, 0.4) is 0 Å². The van der Waals surface area contributed by atoms with Gasteiger partial charge in [0, 0.05) is 10.8 Å². The number of phosphoric ester groups is 1. The number of rotatable bonds is 8. The second-order valence-corrected chi connectivity index (χ2v) is 7.34. The maximum absolute atomic E-state index is 10.6. The Morgan fingerprint density at radius 1 is 1.10 bits per heavy atom. The molecule has 0 unspecified atom stereocenters. The minimum absolute atomic E-state index is 0.0317. The molecule has 0 aliphatic carbocycles. The van der Waals surface area contributed by atoms with Crippen LogP contribution in [0, 0.1) is 41.4 Å². The summed E-state index contributed by atoms with van der Waals surface area (Å²) in [6.07, 6.45) is 13.3. The fraction of sp³-hybridized carbons (Fsp3) is 0.733. The summed E-state index contributed by atoms with van der Waals surface area (Å²) in [5.41, 5.74) is -0.667. The summed E-state index contributed by atoms with van der Waals surface area (Å²) in [7, 11) is -4.37. The second-order valence-electron chi connectivity index (χ2n) is 6.10. The van der Waals surface area contributed by atoms with Crippen LogP contribution in [0.4, 0.5) is 0 Å². The van der Waals surface area contributed by atoms with E-state index in [0.717, 1.165) is 12.8 Å². The van der Waals surface area contributed by atoms with Crippen LogP contribution in [0.1, 0.15) is 47.0 Å². The molecule has 0 rings (SSSR count). The van der Waals surface area contributed by atoms with Crippen LogP contribution >= 0.6 is 7.82 Å². The molecule has 20 heavy (non-hydrogen) atoms. The maximum atomic E-state index is 10.6. The fourth-order valence-corrected chi connectivity index (χ4v) is 2.83. The average Bonchev–Trinajstić information content (AvgIpc) is 2.31. The zero-order valence-electron chi connectivity index (χ0n) is 12.7. The molecule has 0 saturated heterocycles. The molecular formula is C15H25O4P. The van der Waals surface area contributed by atoms with Gasteiger partial charge < -0.3 is 9.79 Å². The van der Waals surface area contributed by atoms with Crippen molar-refractivity contribution in [1.82, 2.24) is 0 Å².